The Hall–Kier alpha value is -4.66. The van der Waals surface area contributed by atoms with Gasteiger partial charge in [-0.15, -0.1) is 0 Å². The first-order valence-electron chi connectivity index (χ1n) is 11.5. The van der Waals surface area contributed by atoms with Crippen LogP contribution < -0.4 is 19.6 Å². The first kappa shape index (κ1) is 24.1. The number of hydrogen-bond donors (Lipinski definition) is 2. The summed E-state index contributed by atoms with van der Waals surface area (Å²) < 4.78 is 28.0. The van der Waals surface area contributed by atoms with Crippen LogP contribution in [0.3, 0.4) is 0 Å². The molecule has 9 nitrogen and oxygen atoms in total. The van der Waals surface area contributed by atoms with E-state index in [1.165, 1.54) is 20.3 Å². The van der Waals surface area contributed by atoms with Crippen LogP contribution in [-0.2, 0) is 9.53 Å². The number of esters is 1. The van der Waals surface area contributed by atoms with Crippen molar-refractivity contribution in [2.75, 3.05) is 27.4 Å². The average Bonchev–Trinajstić information content (AvgIpc) is 2.91. The molecule has 1 aliphatic heterocycles. The van der Waals surface area contributed by atoms with Crippen molar-refractivity contribution < 1.29 is 38.4 Å². The molecule has 0 radical (unpaired) electrons. The van der Waals surface area contributed by atoms with Gasteiger partial charge in [-0.3, -0.25) is 9.59 Å². The van der Waals surface area contributed by atoms with Gasteiger partial charge in [0.2, 0.25) is 5.75 Å². The van der Waals surface area contributed by atoms with Gasteiger partial charge in [0.15, 0.2) is 16.9 Å². The Kier molecular flexibility index (Phi) is 6.35. The van der Waals surface area contributed by atoms with Gasteiger partial charge < -0.3 is 33.6 Å². The lowest BCUT2D eigenvalue weighted by Crippen LogP contribution is -2.17. The van der Waals surface area contributed by atoms with Gasteiger partial charge in [-0.05, 0) is 17.7 Å². The number of phenols is 2. The number of methoxy groups -OCH3 is 2. The normalized spacial score (nSPS) is 13.2. The van der Waals surface area contributed by atoms with E-state index in [9.17, 15) is 19.8 Å². The number of hydrogen-bond acceptors (Lipinski definition) is 9. The van der Waals surface area contributed by atoms with E-state index in [1.807, 2.05) is 6.07 Å². The maximum atomic E-state index is 13.1. The van der Waals surface area contributed by atoms with Crippen LogP contribution in [0.1, 0.15) is 23.5 Å². The summed E-state index contributed by atoms with van der Waals surface area (Å²) in [6.07, 6.45) is -0.216. The molecule has 1 atom stereocenters. The lowest BCUT2D eigenvalue weighted by molar-refractivity contribution is -0.140. The average molecular weight is 504 g/mol. The molecule has 0 bridgehead atoms. The largest absolute Gasteiger partial charge is 0.507 e. The van der Waals surface area contributed by atoms with Gasteiger partial charge in [0.25, 0.3) is 0 Å². The number of carbonyl (C=O) groups is 1. The van der Waals surface area contributed by atoms with Gasteiger partial charge in [0.05, 0.1) is 20.6 Å². The number of aromatic hydroxyl groups is 2. The van der Waals surface area contributed by atoms with E-state index in [0.717, 1.165) is 6.07 Å². The molecule has 0 spiro atoms. The molecule has 37 heavy (non-hydrogen) atoms. The van der Waals surface area contributed by atoms with Crippen LogP contribution in [0.2, 0.25) is 0 Å². The summed E-state index contributed by atoms with van der Waals surface area (Å²) >= 11 is 0. The summed E-state index contributed by atoms with van der Waals surface area (Å²) in [5.74, 6) is -0.800. The molecular weight excluding hydrogens is 480 g/mol. The van der Waals surface area contributed by atoms with E-state index >= 15 is 0 Å². The van der Waals surface area contributed by atoms with Crippen molar-refractivity contribution in [3.05, 3.63) is 75.9 Å². The maximum Gasteiger partial charge on any atom is 0.306 e. The molecule has 0 saturated carbocycles. The molecule has 2 heterocycles. The molecule has 190 valence electrons. The number of rotatable bonds is 6. The van der Waals surface area contributed by atoms with Crippen LogP contribution in [0.25, 0.3) is 22.3 Å². The van der Waals surface area contributed by atoms with Crippen molar-refractivity contribution in [2.24, 2.45) is 0 Å². The van der Waals surface area contributed by atoms with Crippen molar-refractivity contribution in [2.45, 2.75) is 12.3 Å². The van der Waals surface area contributed by atoms with E-state index in [-0.39, 0.29) is 34.5 Å². The van der Waals surface area contributed by atoms with Gasteiger partial charge in [0, 0.05) is 29.2 Å². The van der Waals surface area contributed by atoms with E-state index in [1.54, 1.807) is 36.4 Å². The lowest BCUT2D eigenvalue weighted by Gasteiger charge is -2.25. The minimum atomic E-state index is -0.866. The third-order valence-electron chi connectivity index (χ3n) is 6.26. The highest BCUT2D eigenvalue weighted by Gasteiger charge is 2.30. The number of ether oxygens (including phenoxy) is 4. The molecule has 9 heteroatoms. The Balaban J connectivity index is 1.80. The van der Waals surface area contributed by atoms with Crippen LogP contribution in [0.15, 0.2) is 63.8 Å². The van der Waals surface area contributed by atoms with Crippen LogP contribution in [0, 0.1) is 0 Å². The summed E-state index contributed by atoms with van der Waals surface area (Å²) in [6.45, 7) is 0.676. The van der Waals surface area contributed by atoms with Crippen molar-refractivity contribution in [1.82, 2.24) is 0 Å². The fourth-order valence-electron chi connectivity index (χ4n) is 4.53. The van der Waals surface area contributed by atoms with Gasteiger partial charge >= 0.3 is 5.97 Å². The molecule has 1 aliphatic rings. The summed E-state index contributed by atoms with van der Waals surface area (Å²) in [6, 6.07) is 14.6. The number of benzene rings is 3. The SMILES string of the molecule is COC(=O)CC(c1cc(OC)c2c(c1)OCCO2)c1c(O)cc(O)c2c(=O)cc(-c3ccccc3)oc12. The highest BCUT2D eigenvalue weighted by molar-refractivity contribution is 5.90. The van der Waals surface area contributed by atoms with Crippen molar-refractivity contribution >= 4 is 16.9 Å². The Bertz CT molecular complexity index is 1520. The third kappa shape index (κ3) is 4.40. The van der Waals surface area contributed by atoms with E-state index in [0.29, 0.717) is 41.6 Å². The van der Waals surface area contributed by atoms with Crippen molar-refractivity contribution in [3.63, 3.8) is 0 Å². The molecule has 3 aromatic carbocycles. The number of carbonyl (C=O) groups excluding carboxylic acids is 1. The van der Waals surface area contributed by atoms with Gasteiger partial charge in [-0.2, -0.15) is 0 Å². The Morgan fingerprint density at radius 3 is 2.49 bits per heavy atom. The quantitative estimate of drug-likeness (QED) is 0.369. The molecular formula is C28H24O9. The van der Waals surface area contributed by atoms with Crippen molar-refractivity contribution in [3.8, 4) is 40.1 Å². The van der Waals surface area contributed by atoms with E-state index in [2.05, 4.69) is 0 Å². The Morgan fingerprint density at radius 2 is 1.76 bits per heavy atom. The molecule has 2 N–H and O–H groups in total. The van der Waals surface area contributed by atoms with Crippen LogP contribution in [0.5, 0.6) is 28.7 Å². The molecule has 1 unspecified atom stereocenters. The summed E-state index contributed by atoms with van der Waals surface area (Å²) in [5, 5.41) is 21.5. The Morgan fingerprint density at radius 1 is 1.00 bits per heavy atom. The minimum Gasteiger partial charge on any atom is -0.507 e. The highest BCUT2D eigenvalue weighted by Crippen LogP contribution is 2.47. The predicted octanol–water partition coefficient (Wildman–Crippen LogP) is 4.35. The summed E-state index contributed by atoms with van der Waals surface area (Å²) in [7, 11) is 2.73. The topological polar surface area (TPSA) is 125 Å². The predicted molar refractivity (Wildman–Crippen MR) is 134 cm³/mol. The summed E-state index contributed by atoms with van der Waals surface area (Å²) in [5.41, 5.74) is 0.719. The standard InChI is InChI=1S/C28H24O9/c1-33-22-10-16(11-23-27(22)36-9-8-35-23)17(12-24(32)34-2)25-18(29)13-19(30)26-20(31)14-21(37-28(25)26)15-6-4-3-5-7-15/h3-7,10-11,13-14,17,29-30H,8-9,12H2,1-2H3. The zero-order chi connectivity index (χ0) is 26.1. The van der Waals surface area contributed by atoms with Gasteiger partial charge in [-0.1, -0.05) is 30.3 Å². The molecule has 0 fully saturated rings. The number of fused-ring (bicyclic) bond motifs is 2. The first-order valence-corrected chi connectivity index (χ1v) is 11.5. The Labute approximate surface area is 211 Å². The van der Waals surface area contributed by atoms with Crippen LogP contribution >= 0.6 is 0 Å². The van der Waals surface area contributed by atoms with Crippen LogP contribution in [-0.4, -0.2) is 43.6 Å². The first-order chi connectivity index (χ1) is 17.9. The lowest BCUT2D eigenvalue weighted by atomic mass is 9.86. The monoisotopic (exact) mass is 504 g/mol. The highest BCUT2D eigenvalue weighted by atomic mass is 16.6. The maximum absolute atomic E-state index is 13.1. The summed E-state index contributed by atoms with van der Waals surface area (Å²) in [4.78, 5) is 25.7. The van der Waals surface area contributed by atoms with E-state index < -0.39 is 23.1 Å². The zero-order valence-electron chi connectivity index (χ0n) is 20.1. The third-order valence-corrected chi connectivity index (χ3v) is 6.26. The molecule has 0 amide bonds. The van der Waals surface area contributed by atoms with Crippen LogP contribution in [0.4, 0.5) is 0 Å². The smallest absolute Gasteiger partial charge is 0.306 e. The molecule has 0 aliphatic carbocycles. The zero-order valence-corrected chi connectivity index (χ0v) is 20.1. The fourth-order valence-corrected chi connectivity index (χ4v) is 4.53. The minimum absolute atomic E-state index is 0.0494. The van der Waals surface area contributed by atoms with E-state index in [4.69, 9.17) is 23.4 Å². The van der Waals surface area contributed by atoms with Gasteiger partial charge in [0.1, 0.15) is 41.4 Å². The molecule has 0 saturated heterocycles. The molecule has 1 aromatic heterocycles. The second-order valence-electron chi connectivity index (χ2n) is 8.45. The fraction of sp³-hybridized carbons (Fsp3) is 0.214. The van der Waals surface area contributed by atoms with Gasteiger partial charge in [-0.25, -0.2) is 0 Å². The number of phenolic OH excluding ortho intramolecular Hbond substituents is 2. The molecule has 5 rings (SSSR count). The van der Waals surface area contributed by atoms with Crippen molar-refractivity contribution in [1.29, 1.82) is 0 Å². The second kappa shape index (κ2) is 9.77. The molecule has 4 aromatic rings. The second-order valence-corrected chi connectivity index (χ2v) is 8.45.